The summed E-state index contributed by atoms with van der Waals surface area (Å²) in [7, 11) is 0. The SMILES string of the molecule is Cc1ccc(Cl)cc1NC(=O)NCCOc1ccc2c(c1)OCO2. The molecule has 6 nitrogen and oxygen atoms in total. The summed E-state index contributed by atoms with van der Waals surface area (Å²) in [4.78, 5) is 11.9. The third-order valence-electron chi connectivity index (χ3n) is 3.45. The molecule has 0 radical (unpaired) electrons. The number of hydrogen-bond donors (Lipinski definition) is 2. The molecule has 0 aliphatic carbocycles. The maximum absolute atomic E-state index is 11.9. The maximum atomic E-state index is 11.9. The summed E-state index contributed by atoms with van der Waals surface area (Å²) >= 11 is 5.92. The van der Waals surface area contributed by atoms with Gasteiger partial charge in [0.25, 0.3) is 0 Å². The van der Waals surface area contributed by atoms with Crippen molar-refractivity contribution in [1.82, 2.24) is 5.32 Å². The smallest absolute Gasteiger partial charge is 0.319 e. The average molecular weight is 349 g/mol. The number of fused-ring (bicyclic) bond motifs is 1. The summed E-state index contributed by atoms with van der Waals surface area (Å²) in [5.41, 5.74) is 1.61. The van der Waals surface area contributed by atoms with Crippen LogP contribution < -0.4 is 24.8 Å². The first kappa shape index (κ1) is 16.3. The standard InChI is InChI=1S/C17H17ClN2O4/c1-11-2-3-12(18)8-14(11)20-17(21)19-6-7-22-13-4-5-15-16(9-13)24-10-23-15/h2-5,8-9H,6-7,10H2,1H3,(H2,19,20,21). The number of urea groups is 1. The molecule has 3 rings (SSSR count). The lowest BCUT2D eigenvalue weighted by atomic mass is 10.2. The lowest BCUT2D eigenvalue weighted by Crippen LogP contribution is -2.32. The highest BCUT2D eigenvalue weighted by Gasteiger charge is 2.13. The van der Waals surface area contributed by atoms with Crippen LogP contribution in [-0.2, 0) is 0 Å². The first-order valence-corrected chi connectivity index (χ1v) is 7.83. The van der Waals surface area contributed by atoms with Gasteiger partial charge in [-0.25, -0.2) is 4.79 Å². The zero-order valence-electron chi connectivity index (χ0n) is 13.1. The molecule has 1 aliphatic heterocycles. The van der Waals surface area contributed by atoms with Gasteiger partial charge in [-0.05, 0) is 36.8 Å². The number of carbonyl (C=O) groups excluding carboxylic acids is 1. The Morgan fingerprint density at radius 1 is 1.21 bits per heavy atom. The minimum absolute atomic E-state index is 0.226. The van der Waals surface area contributed by atoms with Crippen molar-refractivity contribution in [3.05, 3.63) is 47.0 Å². The predicted octanol–water partition coefficient (Wildman–Crippen LogP) is 3.58. The highest BCUT2D eigenvalue weighted by molar-refractivity contribution is 6.31. The van der Waals surface area contributed by atoms with Gasteiger partial charge < -0.3 is 24.8 Å². The van der Waals surface area contributed by atoms with E-state index in [1.165, 1.54) is 0 Å². The van der Waals surface area contributed by atoms with Crippen LogP contribution >= 0.6 is 11.6 Å². The normalized spacial score (nSPS) is 11.9. The van der Waals surface area contributed by atoms with Crippen LogP contribution in [0, 0.1) is 6.92 Å². The molecule has 0 saturated carbocycles. The van der Waals surface area contributed by atoms with E-state index in [-0.39, 0.29) is 12.8 Å². The first-order chi connectivity index (χ1) is 11.6. The van der Waals surface area contributed by atoms with Crippen LogP contribution in [0.1, 0.15) is 5.56 Å². The number of aryl methyl sites for hydroxylation is 1. The van der Waals surface area contributed by atoms with Gasteiger partial charge in [0, 0.05) is 16.8 Å². The molecule has 126 valence electrons. The fourth-order valence-corrected chi connectivity index (χ4v) is 2.37. The molecule has 7 heteroatoms. The zero-order valence-corrected chi connectivity index (χ0v) is 13.9. The molecule has 2 aromatic carbocycles. The Morgan fingerprint density at radius 3 is 2.92 bits per heavy atom. The van der Waals surface area contributed by atoms with E-state index in [9.17, 15) is 4.79 Å². The third-order valence-corrected chi connectivity index (χ3v) is 3.68. The lowest BCUT2D eigenvalue weighted by Gasteiger charge is -2.11. The molecule has 0 saturated heterocycles. The van der Waals surface area contributed by atoms with Gasteiger partial charge >= 0.3 is 6.03 Å². The van der Waals surface area contributed by atoms with Gasteiger partial charge in [0.05, 0.1) is 6.54 Å². The molecule has 0 atom stereocenters. The number of halogens is 1. The Kier molecular flexibility index (Phi) is 4.96. The van der Waals surface area contributed by atoms with Crippen molar-refractivity contribution in [2.75, 3.05) is 25.3 Å². The van der Waals surface area contributed by atoms with E-state index in [1.807, 2.05) is 13.0 Å². The third kappa shape index (κ3) is 4.02. The van der Waals surface area contributed by atoms with Crippen LogP contribution in [0.4, 0.5) is 10.5 Å². The Labute approximate surface area is 144 Å². The lowest BCUT2D eigenvalue weighted by molar-refractivity contribution is 0.173. The number of ether oxygens (including phenoxy) is 3. The van der Waals surface area contributed by atoms with Gasteiger partial charge in [0.15, 0.2) is 11.5 Å². The average Bonchev–Trinajstić information content (AvgIpc) is 3.03. The van der Waals surface area contributed by atoms with Gasteiger partial charge in [-0.2, -0.15) is 0 Å². The van der Waals surface area contributed by atoms with Gasteiger partial charge in [0.1, 0.15) is 12.4 Å². The summed E-state index contributed by atoms with van der Waals surface area (Å²) in [6.45, 7) is 2.82. The number of anilines is 1. The van der Waals surface area contributed by atoms with Crippen LogP contribution in [-0.4, -0.2) is 26.0 Å². The summed E-state index contributed by atoms with van der Waals surface area (Å²) in [6.07, 6.45) is 0. The van der Waals surface area contributed by atoms with Gasteiger partial charge in [0.2, 0.25) is 6.79 Å². The number of carbonyl (C=O) groups is 1. The number of amides is 2. The number of rotatable bonds is 5. The second-order valence-electron chi connectivity index (χ2n) is 5.20. The number of benzene rings is 2. The van der Waals surface area contributed by atoms with Crippen LogP contribution in [0.5, 0.6) is 17.2 Å². The van der Waals surface area contributed by atoms with Gasteiger partial charge in [-0.15, -0.1) is 0 Å². The van der Waals surface area contributed by atoms with Crippen LogP contribution in [0.25, 0.3) is 0 Å². The van der Waals surface area contributed by atoms with Crippen molar-refractivity contribution in [1.29, 1.82) is 0 Å². The molecule has 0 unspecified atom stereocenters. The molecule has 0 aromatic heterocycles. The highest BCUT2D eigenvalue weighted by atomic mass is 35.5. The minimum atomic E-state index is -0.311. The quantitative estimate of drug-likeness (QED) is 0.810. The topological polar surface area (TPSA) is 68.8 Å². The largest absolute Gasteiger partial charge is 0.492 e. The molecule has 1 heterocycles. The minimum Gasteiger partial charge on any atom is -0.492 e. The molecule has 2 N–H and O–H groups in total. The van der Waals surface area contributed by atoms with E-state index in [0.717, 1.165) is 5.56 Å². The van der Waals surface area contributed by atoms with E-state index >= 15 is 0 Å². The van der Waals surface area contributed by atoms with Crippen LogP contribution in [0.3, 0.4) is 0 Å². The van der Waals surface area contributed by atoms with Crippen molar-refractivity contribution in [2.45, 2.75) is 6.92 Å². The Bertz CT molecular complexity index is 751. The maximum Gasteiger partial charge on any atom is 0.319 e. The van der Waals surface area contributed by atoms with E-state index in [2.05, 4.69) is 10.6 Å². The predicted molar refractivity (Wildman–Crippen MR) is 91.3 cm³/mol. The molecule has 0 bridgehead atoms. The summed E-state index contributed by atoms with van der Waals surface area (Å²) in [5, 5.41) is 6.05. The molecule has 1 aliphatic rings. The molecular formula is C17H17ClN2O4. The van der Waals surface area contributed by atoms with E-state index in [1.54, 1.807) is 30.3 Å². The van der Waals surface area contributed by atoms with Crippen molar-refractivity contribution in [3.63, 3.8) is 0 Å². The van der Waals surface area contributed by atoms with Gasteiger partial charge in [-0.1, -0.05) is 17.7 Å². The van der Waals surface area contributed by atoms with Crippen molar-refractivity contribution in [3.8, 4) is 17.2 Å². The summed E-state index contributed by atoms with van der Waals surface area (Å²) in [5.74, 6) is 2.03. The first-order valence-electron chi connectivity index (χ1n) is 7.45. The molecule has 24 heavy (non-hydrogen) atoms. The molecule has 2 aromatic rings. The highest BCUT2D eigenvalue weighted by Crippen LogP contribution is 2.34. The fraction of sp³-hybridized carbons (Fsp3) is 0.235. The van der Waals surface area contributed by atoms with Crippen molar-refractivity contribution in [2.24, 2.45) is 0 Å². The fourth-order valence-electron chi connectivity index (χ4n) is 2.20. The summed E-state index contributed by atoms with van der Waals surface area (Å²) < 4.78 is 16.1. The molecular weight excluding hydrogens is 332 g/mol. The van der Waals surface area contributed by atoms with E-state index in [0.29, 0.717) is 41.1 Å². The molecule has 2 amide bonds. The zero-order chi connectivity index (χ0) is 16.9. The summed E-state index contributed by atoms with van der Waals surface area (Å²) in [6, 6.07) is 10.4. The number of nitrogens with one attached hydrogen (secondary N) is 2. The van der Waals surface area contributed by atoms with Gasteiger partial charge in [-0.3, -0.25) is 0 Å². The molecule has 0 spiro atoms. The second kappa shape index (κ2) is 7.31. The van der Waals surface area contributed by atoms with Crippen molar-refractivity contribution >= 4 is 23.3 Å². The van der Waals surface area contributed by atoms with Crippen molar-refractivity contribution < 1.29 is 19.0 Å². The monoisotopic (exact) mass is 348 g/mol. The van der Waals surface area contributed by atoms with E-state index < -0.39 is 0 Å². The van der Waals surface area contributed by atoms with E-state index in [4.69, 9.17) is 25.8 Å². The second-order valence-corrected chi connectivity index (χ2v) is 5.64. The van der Waals surface area contributed by atoms with Crippen LogP contribution in [0.15, 0.2) is 36.4 Å². The van der Waals surface area contributed by atoms with Crippen LogP contribution in [0.2, 0.25) is 5.02 Å². The molecule has 0 fully saturated rings. The Morgan fingerprint density at radius 2 is 2.04 bits per heavy atom. The Balaban J connectivity index is 1.43. The Hall–Kier alpha value is -2.60. The number of hydrogen-bond acceptors (Lipinski definition) is 4.